The number of rotatable bonds is 7. The van der Waals surface area contributed by atoms with Crippen LogP contribution in [0.5, 0.6) is 0 Å². The van der Waals surface area contributed by atoms with Gasteiger partial charge in [0.2, 0.25) is 23.6 Å². The number of benzene rings is 4. The predicted octanol–water partition coefficient (Wildman–Crippen LogP) is 5.64. The molecule has 0 radical (unpaired) electrons. The highest BCUT2D eigenvalue weighted by atomic mass is 35.5. The summed E-state index contributed by atoms with van der Waals surface area (Å²) in [6.45, 7) is 5.45. The number of carbonyl (C=O) groups is 8. The highest BCUT2D eigenvalue weighted by Crippen LogP contribution is 2.35. The number of hydrogen-bond donors (Lipinski definition) is 4. The van der Waals surface area contributed by atoms with E-state index in [0.717, 1.165) is 75.1 Å². The number of halogens is 3. The van der Waals surface area contributed by atoms with Crippen molar-refractivity contribution in [2.45, 2.75) is 94.9 Å². The molecule has 6 heterocycles. The maximum Gasteiger partial charge on any atom is 0.290 e. The van der Waals surface area contributed by atoms with Crippen LogP contribution in [0.4, 0.5) is 8.78 Å². The number of nitrogens with zero attached hydrogens (tertiary/aromatic N) is 3. The Bertz CT molecular complexity index is 2530. The van der Waals surface area contributed by atoms with E-state index in [2.05, 4.69) is 39.0 Å². The summed E-state index contributed by atoms with van der Waals surface area (Å²) in [7, 11) is 0. The van der Waals surface area contributed by atoms with E-state index in [0.29, 0.717) is 60.7 Å². The standard InChI is InChI=1S/C25H26FN3O3.C18H21N3O3.C7H5FO.CH2O2.ClH/c26-20-4-1-16(2-5-20)14-28-11-9-17(10-12-28)18-3-6-21-19(13-18)15-29(25(21)32)22-7-8-23(30)27-24(22)31;22-16-4-3-15(17(23)20-16)21-10-13-9-12(1-2-14(13)18(21)24)11-5-7-19-8-6-11;8-7-3-1-6(5-9)2-4-7;2-1-3;/h1-6,13,17,22H,7-12,14-15H2,(H,27,30,31);1-2,9,11,15,19H,3-8,10H2,(H,20,22,23);1-5H;1H,(H,2,3);1H. The van der Waals surface area contributed by atoms with Crippen LogP contribution in [-0.2, 0) is 43.6 Å². The van der Waals surface area contributed by atoms with Crippen LogP contribution in [-0.4, -0.2) is 106 Å². The fraction of sp³-hybridized carbons (Fsp3) is 0.373. The molecule has 4 saturated heterocycles. The van der Waals surface area contributed by atoms with E-state index in [-0.39, 0.29) is 78.8 Å². The van der Waals surface area contributed by atoms with Crippen LogP contribution in [0.2, 0.25) is 0 Å². The number of fused-ring (bicyclic) bond motifs is 2. The minimum Gasteiger partial charge on any atom is -0.483 e. The van der Waals surface area contributed by atoms with Gasteiger partial charge in [0.1, 0.15) is 30.0 Å². The van der Waals surface area contributed by atoms with Crippen LogP contribution < -0.4 is 16.0 Å². The van der Waals surface area contributed by atoms with E-state index in [1.807, 2.05) is 30.3 Å². The molecule has 4 aromatic rings. The lowest BCUT2D eigenvalue weighted by molar-refractivity contribution is -0.138. The Kier molecular flexibility index (Phi) is 18.0. The molecular weight excluding hydrogens is 914 g/mol. The van der Waals surface area contributed by atoms with Gasteiger partial charge in [0.05, 0.1) is 0 Å². The van der Waals surface area contributed by atoms with Crippen LogP contribution in [0, 0.1) is 11.6 Å². The molecule has 2 unspecified atom stereocenters. The highest BCUT2D eigenvalue weighted by molar-refractivity contribution is 6.06. The topological polar surface area (TPSA) is 203 Å². The number of amides is 6. The molecule has 4 fully saturated rings. The fourth-order valence-corrected chi connectivity index (χ4v) is 9.67. The van der Waals surface area contributed by atoms with Gasteiger partial charge in [0, 0.05) is 49.2 Å². The second-order valence-corrected chi connectivity index (χ2v) is 17.6. The SMILES string of the molecule is Cl.O=C1CCC(N2Cc3cc(C4CCN(Cc5ccc(F)cc5)CC4)ccc3C2=O)C(=O)N1.O=C1CCC(N2Cc3cc(C4CCNCC4)ccc3C2=O)C(=O)N1.O=CO.O=Cc1ccc(F)cc1. The highest BCUT2D eigenvalue weighted by Gasteiger charge is 2.41. The zero-order valence-corrected chi connectivity index (χ0v) is 38.7. The summed E-state index contributed by atoms with van der Waals surface area (Å²) in [5.41, 5.74) is 7.46. The van der Waals surface area contributed by atoms with Crippen molar-refractivity contribution in [2.75, 3.05) is 26.2 Å². The first-order chi connectivity index (χ1) is 32.8. The first-order valence-corrected chi connectivity index (χ1v) is 22.9. The van der Waals surface area contributed by atoms with Crippen molar-refractivity contribution < 1.29 is 52.2 Å². The van der Waals surface area contributed by atoms with Gasteiger partial charge in [-0.15, -0.1) is 12.4 Å². The van der Waals surface area contributed by atoms with Crippen LogP contribution in [0.25, 0.3) is 0 Å². The normalized spacial score (nSPS) is 20.3. The van der Waals surface area contributed by atoms with Crippen molar-refractivity contribution >= 4 is 60.6 Å². The third kappa shape index (κ3) is 12.9. The predicted molar refractivity (Wildman–Crippen MR) is 251 cm³/mol. The molecule has 0 aliphatic carbocycles. The summed E-state index contributed by atoms with van der Waals surface area (Å²) in [5, 5.41) is 14.9. The Morgan fingerprint density at radius 2 is 1.03 bits per heavy atom. The maximum absolute atomic E-state index is 13.1. The van der Waals surface area contributed by atoms with Gasteiger partial charge in [-0.1, -0.05) is 36.4 Å². The molecule has 69 heavy (non-hydrogen) atoms. The zero-order chi connectivity index (χ0) is 48.3. The van der Waals surface area contributed by atoms with Crippen molar-refractivity contribution in [2.24, 2.45) is 0 Å². The Morgan fingerprint density at radius 1 is 0.594 bits per heavy atom. The molecule has 0 spiro atoms. The van der Waals surface area contributed by atoms with E-state index in [1.54, 1.807) is 9.80 Å². The van der Waals surface area contributed by atoms with Crippen molar-refractivity contribution in [1.29, 1.82) is 0 Å². The van der Waals surface area contributed by atoms with E-state index in [9.17, 15) is 42.3 Å². The number of hydrogen-bond acceptors (Lipinski definition) is 10. The smallest absolute Gasteiger partial charge is 0.290 e. The third-order valence-corrected chi connectivity index (χ3v) is 13.3. The van der Waals surface area contributed by atoms with Gasteiger partial charge in [-0.2, -0.15) is 0 Å². The fourth-order valence-electron chi connectivity index (χ4n) is 9.67. The first kappa shape index (κ1) is 51.7. The monoisotopic (exact) mass is 968 g/mol. The summed E-state index contributed by atoms with van der Waals surface area (Å²) < 4.78 is 25.2. The Labute approximate surface area is 404 Å². The molecule has 364 valence electrons. The summed E-state index contributed by atoms with van der Waals surface area (Å²) in [6.07, 6.45) is 6.31. The first-order valence-electron chi connectivity index (χ1n) is 22.9. The van der Waals surface area contributed by atoms with Crippen LogP contribution in [0.3, 0.4) is 0 Å². The number of nitrogens with one attached hydrogen (secondary N) is 3. The van der Waals surface area contributed by atoms with Gasteiger partial charge >= 0.3 is 0 Å². The molecular formula is C51H55ClF2N6O9. The number of carbonyl (C=O) groups excluding carboxylic acids is 7. The molecule has 0 aromatic heterocycles. The van der Waals surface area contributed by atoms with Crippen LogP contribution >= 0.6 is 12.4 Å². The maximum atomic E-state index is 13.1. The summed E-state index contributed by atoms with van der Waals surface area (Å²) in [4.78, 5) is 96.6. The number of piperidine rings is 4. The van der Waals surface area contributed by atoms with E-state index in [1.165, 1.54) is 47.5 Å². The molecule has 18 heteroatoms. The lowest BCUT2D eigenvalue weighted by atomic mass is 9.87. The summed E-state index contributed by atoms with van der Waals surface area (Å²) in [6, 6.07) is 23.1. The molecule has 0 saturated carbocycles. The lowest BCUT2D eigenvalue weighted by Crippen LogP contribution is -2.52. The quantitative estimate of drug-likeness (QED) is 0.132. The van der Waals surface area contributed by atoms with Crippen LogP contribution in [0.1, 0.15) is 122 Å². The molecule has 4 N–H and O–H groups in total. The van der Waals surface area contributed by atoms with Crippen molar-refractivity contribution in [1.82, 2.24) is 30.7 Å². The molecule has 2 atom stereocenters. The molecule has 6 amide bonds. The lowest BCUT2D eigenvalue weighted by Gasteiger charge is -2.32. The van der Waals surface area contributed by atoms with Gasteiger partial charge < -0.3 is 20.2 Å². The number of likely N-dealkylation sites (tertiary alicyclic amines) is 1. The Morgan fingerprint density at radius 3 is 1.46 bits per heavy atom. The molecule has 15 nitrogen and oxygen atoms in total. The second-order valence-electron chi connectivity index (χ2n) is 17.6. The molecule has 6 aliphatic rings. The van der Waals surface area contributed by atoms with Crippen molar-refractivity contribution in [3.63, 3.8) is 0 Å². The molecule has 0 bridgehead atoms. The van der Waals surface area contributed by atoms with Gasteiger partial charge in [-0.3, -0.25) is 53.9 Å². The Balaban J connectivity index is 0.000000185. The largest absolute Gasteiger partial charge is 0.483 e. The summed E-state index contributed by atoms with van der Waals surface area (Å²) in [5.74, 6) is -1.05. The minimum atomic E-state index is -0.578. The van der Waals surface area contributed by atoms with E-state index in [4.69, 9.17) is 9.90 Å². The van der Waals surface area contributed by atoms with Gasteiger partial charge in [-0.25, -0.2) is 8.78 Å². The number of imide groups is 2. The van der Waals surface area contributed by atoms with Gasteiger partial charge in [0.25, 0.3) is 18.3 Å². The van der Waals surface area contributed by atoms with Crippen molar-refractivity contribution in [3.05, 3.63) is 141 Å². The average molecular weight is 969 g/mol. The third-order valence-electron chi connectivity index (χ3n) is 13.3. The van der Waals surface area contributed by atoms with Crippen molar-refractivity contribution in [3.8, 4) is 0 Å². The van der Waals surface area contributed by atoms with E-state index < -0.39 is 12.1 Å². The van der Waals surface area contributed by atoms with E-state index >= 15 is 0 Å². The zero-order valence-electron chi connectivity index (χ0n) is 37.9. The second kappa shape index (κ2) is 24.0. The van der Waals surface area contributed by atoms with Crippen LogP contribution in [0.15, 0.2) is 84.9 Å². The number of carboxylic acid groups (broad SMARTS) is 1. The van der Waals surface area contributed by atoms with Gasteiger partial charge in [-0.05, 0) is 153 Å². The molecule has 6 aliphatic heterocycles. The summed E-state index contributed by atoms with van der Waals surface area (Å²) >= 11 is 0. The molecule has 4 aromatic carbocycles. The minimum absolute atomic E-state index is 0. The number of aldehydes is 1. The average Bonchev–Trinajstić information content (AvgIpc) is 3.85. The molecule has 10 rings (SSSR count). The van der Waals surface area contributed by atoms with Gasteiger partial charge in [0.15, 0.2) is 0 Å². The Hall–Kier alpha value is -6.69.